The van der Waals surface area contributed by atoms with E-state index in [2.05, 4.69) is 5.32 Å². The van der Waals surface area contributed by atoms with Crippen molar-refractivity contribution in [2.24, 2.45) is 0 Å². The van der Waals surface area contributed by atoms with Crippen molar-refractivity contribution in [3.8, 4) is 5.75 Å². The standard InChI is InChI=1S/C19H21NO5/c1-24-18(22)14-6-4-5-13-11-25-16-8-3-2-7-15(16)19(23,17(13)14)12-20-9-10-21/h2-8,20-21,23H,9-12H2,1H3. The number of aliphatic hydroxyl groups excluding tert-OH is 1. The van der Waals surface area contributed by atoms with Gasteiger partial charge in [0.15, 0.2) is 0 Å². The number of benzene rings is 2. The first-order chi connectivity index (χ1) is 12.1. The minimum Gasteiger partial charge on any atom is -0.488 e. The monoisotopic (exact) mass is 343 g/mol. The molecule has 3 rings (SSSR count). The second-order valence-corrected chi connectivity index (χ2v) is 5.88. The van der Waals surface area contributed by atoms with E-state index in [-0.39, 0.29) is 19.8 Å². The molecule has 6 nitrogen and oxygen atoms in total. The number of rotatable bonds is 5. The van der Waals surface area contributed by atoms with Gasteiger partial charge in [-0.05, 0) is 17.7 Å². The molecule has 1 aliphatic heterocycles. The van der Waals surface area contributed by atoms with Gasteiger partial charge in [0.25, 0.3) is 0 Å². The van der Waals surface area contributed by atoms with E-state index in [9.17, 15) is 9.90 Å². The first-order valence-corrected chi connectivity index (χ1v) is 8.08. The first kappa shape index (κ1) is 17.4. The van der Waals surface area contributed by atoms with Crippen LogP contribution in [-0.4, -0.2) is 43.0 Å². The van der Waals surface area contributed by atoms with Crippen molar-refractivity contribution in [1.82, 2.24) is 5.32 Å². The summed E-state index contributed by atoms with van der Waals surface area (Å²) in [5.74, 6) is 0.0413. The van der Waals surface area contributed by atoms with Gasteiger partial charge in [-0.1, -0.05) is 30.3 Å². The Morgan fingerprint density at radius 3 is 2.84 bits per heavy atom. The highest BCUT2D eigenvalue weighted by molar-refractivity contribution is 5.92. The normalized spacial score (nSPS) is 18.5. The fourth-order valence-electron chi connectivity index (χ4n) is 3.25. The summed E-state index contributed by atoms with van der Waals surface area (Å²) in [5.41, 5.74) is 0.552. The van der Waals surface area contributed by atoms with Crippen LogP contribution in [0.5, 0.6) is 5.75 Å². The molecule has 0 amide bonds. The molecule has 0 saturated heterocycles. The van der Waals surface area contributed by atoms with Gasteiger partial charge in [-0.3, -0.25) is 0 Å². The molecule has 1 atom stereocenters. The van der Waals surface area contributed by atoms with Crippen molar-refractivity contribution in [1.29, 1.82) is 0 Å². The summed E-state index contributed by atoms with van der Waals surface area (Å²) in [4.78, 5) is 12.3. The lowest BCUT2D eigenvalue weighted by atomic mass is 9.81. The van der Waals surface area contributed by atoms with Gasteiger partial charge in [0.1, 0.15) is 18.0 Å². The number of fused-ring (bicyclic) bond motifs is 2. The third kappa shape index (κ3) is 3.11. The van der Waals surface area contributed by atoms with Gasteiger partial charge < -0.3 is 25.0 Å². The Morgan fingerprint density at radius 2 is 2.08 bits per heavy atom. The number of nitrogens with one attached hydrogen (secondary N) is 1. The van der Waals surface area contributed by atoms with Gasteiger partial charge in [-0.15, -0.1) is 0 Å². The molecule has 3 N–H and O–H groups in total. The topological polar surface area (TPSA) is 88.0 Å². The van der Waals surface area contributed by atoms with E-state index in [4.69, 9.17) is 14.6 Å². The van der Waals surface area contributed by atoms with Crippen LogP contribution in [0.2, 0.25) is 0 Å². The zero-order chi connectivity index (χ0) is 17.9. The summed E-state index contributed by atoms with van der Waals surface area (Å²) in [5, 5.41) is 23.8. The van der Waals surface area contributed by atoms with Crippen LogP contribution in [-0.2, 0) is 16.9 Å². The van der Waals surface area contributed by atoms with E-state index in [0.717, 1.165) is 0 Å². The molecule has 0 saturated carbocycles. The molecule has 0 bridgehead atoms. The van der Waals surface area contributed by atoms with Crippen LogP contribution >= 0.6 is 0 Å². The lowest BCUT2D eigenvalue weighted by Gasteiger charge is -2.31. The molecular weight excluding hydrogens is 322 g/mol. The average molecular weight is 343 g/mol. The van der Waals surface area contributed by atoms with E-state index in [0.29, 0.717) is 34.5 Å². The van der Waals surface area contributed by atoms with Gasteiger partial charge >= 0.3 is 5.97 Å². The number of hydrogen-bond acceptors (Lipinski definition) is 6. The summed E-state index contributed by atoms with van der Waals surface area (Å²) in [6.07, 6.45) is 0. The Hall–Kier alpha value is -2.41. The second kappa shape index (κ2) is 7.23. The zero-order valence-corrected chi connectivity index (χ0v) is 14.0. The molecule has 2 aromatic rings. The van der Waals surface area contributed by atoms with Gasteiger partial charge in [-0.25, -0.2) is 4.79 Å². The highest BCUT2D eigenvalue weighted by Crippen LogP contribution is 2.41. The minimum atomic E-state index is -1.50. The quantitative estimate of drug-likeness (QED) is 0.558. The lowest BCUT2D eigenvalue weighted by Crippen LogP contribution is -2.41. The largest absolute Gasteiger partial charge is 0.488 e. The predicted octanol–water partition coefficient (Wildman–Crippen LogP) is 1.18. The number of ether oxygens (including phenoxy) is 2. The van der Waals surface area contributed by atoms with Crippen LogP contribution in [0, 0.1) is 0 Å². The highest BCUT2D eigenvalue weighted by Gasteiger charge is 2.41. The maximum Gasteiger partial charge on any atom is 0.338 e. The van der Waals surface area contributed by atoms with Gasteiger partial charge in [0.05, 0.1) is 19.3 Å². The summed E-state index contributed by atoms with van der Waals surface area (Å²) >= 11 is 0. The lowest BCUT2D eigenvalue weighted by molar-refractivity contribution is 0.0556. The molecule has 0 spiro atoms. The molecule has 132 valence electrons. The van der Waals surface area contributed by atoms with Crippen LogP contribution < -0.4 is 10.1 Å². The Labute approximate surface area is 146 Å². The van der Waals surface area contributed by atoms with Crippen molar-refractivity contribution >= 4 is 5.97 Å². The first-order valence-electron chi connectivity index (χ1n) is 8.08. The molecule has 25 heavy (non-hydrogen) atoms. The van der Waals surface area contributed by atoms with Gasteiger partial charge in [0.2, 0.25) is 0 Å². The van der Waals surface area contributed by atoms with Gasteiger partial charge in [-0.2, -0.15) is 0 Å². The van der Waals surface area contributed by atoms with Crippen LogP contribution in [0.15, 0.2) is 42.5 Å². The highest BCUT2D eigenvalue weighted by atomic mass is 16.5. The molecule has 1 unspecified atom stereocenters. The van der Waals surface area contributed by atoms with Crippen molar-refractivity contribution in [3.05, 3.63) is 64.7 Å². The van der Waals surface area contributed by atoms with Crippen LogP contribution in [0.25, 0.3) is 0 Å². The van der Waals surface area contributed by atoms with Crippen LogP contribution in [0.4, 0.5) is 0 Å². The number of hydrogen-bond donors (Lipinski definition) is 3. The fourth-order valence-corrected chi connectivity index (χ4v) is 3.25. The SMILES string of the molecule is COC(=O)c1cccc2c1C(O)(CNCCO)c1ccccc1OC2. The van der Waals surface area contributed by atoms with E-state index in [1.807, 2.05) is 18.2 Å². The molecule has 1 heterocycles. The number of methoxy groups -OCH3 is 1. The summed E-state index contributed by atoms with van der Waals surface area (Å²) in [6.45, 7) is 0.620. The number of carbonyl (C=O) groups is 1. The molecule has 2 aromatic carbocycles. The van der Waals surface area contributed by atoms with E-state index in [1.165, 1.54) is 7.11 Å². The second-order valence-electron chi connectivity index (χ2n) is 5.88. The van der Waals surface area contributed by atoms with Gasteiger partial charge in [0, 0.05) is 24.2 Å². The van der Waals surface area contributed by atoms with Crippen molar-refractivity contribution in [3.63, 3.8) is 0 Å². The minimum absolute atomic E-state index is 0.0558. The molecule has 0 fully saturated rings. The third-order valence-corrected chi connectivity index (χ3v) is 4.35. The Bertz CT molecular complexity index is 776. The smallest absolute Gasteiger partial charge is 0.338 e. The Kier molecular flexibility index (Phi) is 5.03. The molecular formula is C19H21NO5. The maximum atomic E-state index is 12.3. The number of aliphatic hydroxyl groups is 2. The number of carbonyl (C=O) groups excluding carboxylic acids is 1. The molecule has 0 aliphatic carbocycles. The Morgan fingerprint density at radius 1 is 1.28 bits per heavy atom. The number of para-hydroxylation sites is 1. The predicted molar refractivity (Wildman–Crippen MR) is 91.5 cm³/mol. The zero-order valence-electron chi connectivity index (χ0n) is 14.0. The average Bonchev–Trinajstić information content (AvgIpc) is 2.77. The third-order valence-electron chi connectivity index (χ3n) is 4.35. The molecule has 0 aromatic heterocycles. The molecule has 0 radical (unpaired) electrons. The summed E-state index contributed by atoms with van der Waals surface area (Å²) in [6, 6.07) is 12.4. The maximum absolute atomic E-state index is 12.3. The summed E-state index contributed by atoms with van der Waals surface area (Å²) in [7, 11) is 1.31. The van der Waals surface area contributed by atoms with Crippen molar-refractivity contribution in [2.45, 2.75) is 12.2 Å². The van der Waals surface area contributed by atoms with E-state index >= 15 is 0 Å². The fraction of sp³-hybridized carbons (Fsp3) is 0.316. The molecule has 1 aliphatic rings. The number of esters is 1. The van der Waals surface area contributed by atoms with E-state index < -0.39 is 11.6 Å². The van der Waals surface area contributed by atoms with E-state index in [1.54, 1.807) is 24.3 Å². The summed E-state index contributed by atoms with van der Waals surface area (Å²) < 4.78 is 10.8. The Balaban J connectivity index is 2.22. The molecule has 6 heteroatoms. The van der Waals surface area contributed by atoms with Crippen molar-refractivity contribution < 1.29 is 24.5 Å². The van der Waals surface area contributed by atoms with Crippen molar-refractivity contribution in [2.75, 3.05) is 26.8 Å². The van der Waals surface area contributed by atoms with Crippen LogP contribution in [0.3, 0.4) is 0 Å². The van der Waals surface area contributed by atoms with Crippen LogP contribution in [0.1, 0.15) is 27.0 Å².